The highest BCUT2D eigenvalue weighted by molar-refractivity contribution is 5.92. The summed E-state index contributed by atoms with van der Waals surface area (Å²) < 4.78 is 17.7. The van der Waals surface area contributed by atoms with Crippen molar-refractivity contribution in [2.45, 2.75) is 76.5 Å². The van der Waals surface area contributed by atoms with Crippen molar-refractivity contribution in [1.82, 2.24) is 4.90 Å². The van der Waals surface area contributed by atoms with Gasteiger partial charge in [0.15, 0.2) is 0 Å². The molecule has 0 N–H and O–H groups in total. The zero-order valence-electron chi connectivity index (χ0n) is 26.2. The maximum Gasteiger partial charge on any atom is 0.410 e. The van der Waals surface area contributed by atoms with Gasteiger partial charge in [-0.1, -0.05) is 72.8 Å². The molecule has 2 aliphatic rings. The van der Waals surface area contributed by atoms with E-state index in [2.05, 4.69) is 49.4 Å². The van der Waals surface area contributed by atoms with Crippen LogP contribution in [0.25, 0.3) is 10.8 Å². The Bertz CT molecular complexity index is 1680. The van der Waals surface area contributed by atoms with E-state index >= 15 is 0 Å². The zero-order valence-corrected chi connectivity index (χ0v) is 26.2. The fourth-order valence-corrected chi connectivity index (χ4v) is 6.46. The highest BCUT2D eigenvalue weighted by Gasteiger charge is 2.36. The van der Waals surface area contributed by atoms with E-state index in [4.69, 9.17) is 14.2 Å². The lowest BCUT2D eigenvalue weighted by Crippen LogP contribution is -2.45. The maximum absolute atomic E-state index is 13.8. The van der Waals surface area contributed by atoms with Crippen LogP contribution in [-0.2, 0) is 9.47 Å². The fraction of sp³-hybridized carbons (Fsp3) is 0.368. The predicted molar refractivity (Wildman–Crippen MR) is 172 cm³/mol. The van der Waals surface area contributed by atoms with Gasteiger partial charge in [-0.2, -0.15) is 0 Å². The number of rotatable bonds is 7. The van der Waals surface area contributed by atoms with E-state index in [1.54, 1.807) is 4.90 Å². The van der Waals surface area contributed by atoms with Crippen LogP contribution in [0.3, 0.4) is 0 Å². The van der Waals surface area contributed by atoms with Gasteiger partial charge in [0, 0.05) is 11.5 Å². The number of benzene rings is 4. The van der Waals surface area contributed by atoms with Crippen LogP contribution >= 0.6 is 0 Å². The number of methoxy groups -OCH3 is 1. The molecule has 6 heteroatoms. The molecule has 0 radical (unpaired) electrons. The molecule has 4 aromatic rings. The highest BCUT2D eigenvalue weighted by atomic mass is 16.6. The van der Waals surface area contributed by atoms with Crippen molar-refractivity contribution in [1.29, 1.82) is 0 Å². The van der Waals surface area contributed by atoms with E-state index in [0.29, 0.717) is 24.4 Å². The summed E-state index contributed by atoms with van der Waals surface area (Å²) in [5, 5.41) is 2.23. The molecule has 1 fully saturated rings. The van der Waals surface area contributed by atoms with E-state index in [1.807, 2.05) is 63.2 Å². The molecular formula is C38H41NO5. The van der Waals surface area contributed by atoms with Gasteiger partial charge in [0.05, 0.1) is 25.3 Å². The van der Waals surface area contributed by atoms with E-state index in [1.165, 1.54) is 7.11 Å². The summed E-state index contributed by atoms with van der Waals surface area (Å²) in [5.74, 6) is 0.896. The van der Waals surface area contributed by atoms with Gasteiger partial charge in [-0.3, -0.25) is 4.90 Å². The fourth-order valence-electron chi connectivity index (χ4n) is 6.46. The van der Waals surface area contributed by atoms with Crippen LogP contribution in [0.4, 0.5) is 4.79 Å². The van der Waals surface area contributed by atoms with Crippen LogP contribution in [0.2, 0.25) is 0 Å². The third-order valence-corrected chi connectivity index (χ3v) is 8.76. The minimum absolute atomic E-state index is 0.0186. The number of hydrogen-bond acceptors (Lipinski definition) is 5. The molecule has 1 unspecified atom stereocenters. The van der Waals surface area contributed by atoms with Crippen molar-refractivity contribution in [2.75, 3.05) is 13.7 Å². The first-order valence-electron chi connectivity index (χ1n) is 15.6. The van der Waals surface area contributed by atoms with Gasteiger partial charge in [-0.15, -0.1) is 0 Å². The van der Waals surface area contributed by atoms with Crippen LogP contribution in [0.5, 0.6) is 5.75 Å². The van der Waals surface area contributed by atoms with Crippen LogP contribution in [0, 0.1) is 0 Å². The Kier molecular flexibility index (Phi) is 8.10. The second-order valence-electron chi connectivity index (χ2n) is 13.1. The minimum Gasteiger partial charge on any atom is -0.488 e. The number of amides is 1. The Morgan fingerprint density at radius 1 is 0.932 bits per heavy atom. The SMILES string of the molecule is COC(=O)c1cc(C2C[C@H](CN(C(=O)OC(C)(C)C)[C@H](C)c3cccc4ccccc34)Oc3ccccc32)ccc1C1CC1. The number of ether oxygens (including phenoxy) is 3. The molecule has 4 aromatic carbocycles. The van der Waals surface area contributed by atoms with Gasteiger partial charge in [0.1, 0.15) is 17.5 Å². The molecule has 228 valence electrons. The van der Waals surface area contributed by atoms with E-state index in [0.717, 1.165) is 51.6 Å². The smallest absolute Gasteiger partial charge is 0.410 e. The molecule has 1 saturated carbocycles. The molecule has 3 atom stereocenters. The molecule has 6 nitrogen and oxygen atoms in total. The second kappa shape index (κ2) is 12.0. The molecule has 6 rings (SSSR count). The number of para-hydroxylation sites is 1. The van der Waals surface area contributed by atoms with Crippen molar-refractivity contribution in [3.63, 3.8) is 0 Å². The van der Waals surface area contributed by atoms with E-state index < -0.39 is 5.60 Å². The molecule has 1 aliphatic carbocycles. The Hall–Kier alpha value is -4.32. The van der Waals surface area contributed by atoms with Gasteiger partial charge in [-0.25, -0.2) is 9.59 Å². The first-order chi connectivity index (χ1) is 21.1. The number of carbonyl (C=O) groups excluding carboxylic acids is 2. The van der Waals surface area contributed by atoms with Gasteiger partial charge in [0.2, 0.25) is 0 Å². The average Bonchev–Trinajstić information content (AvgIpc) is 3.87. The summed E-state index contributed by atoms with van der Waals surface area (Å²) in [4.78, 5) is 28.5. The standard InChI is InChI=1S/C38H41NO5/c1-24(29-15-10-12-25-11-6-7-13-30(25)29)39(37(41)44-38(2,3)4)23-28-22-33(32-14-8-9-16-35(32)43-28)27-19-20-31(26-17-18-26)34(21-27)36(40)42-5/h6-16,19-21,24,26,28,33H,17-18,22-23H2,1-5H3/t24-,28-,33?/m1/s1. The molecule has 1 amide bonds. The van der Waals surface area contributed by atoms with Gasteiger partial charge in [-0.05, 0) is 92.5 Å². The van der Waals surface area contributed by atoms with E-state index in [-0.39, 0.29) is 30.1 Å². The van der Waals surface area contributed by atoms with Crippen LogP contribution < -0.4 is 4.74 Å². The molecule has 0 spiro atoms. The summed E-state index contributed by atoms with van der Waals surface area (Å²) in [5.41, 5.74) is 4.24. The lowest BCUT2D eigenvalue weighted by atomic mass is 9.82. The summed E-state index contributed by atoms with van der Waals surface area (Å²) in [6.45, 7) is 8.06. The molecule has 0 saturated heterocycles. The second-order valence-corrected chi connectivity index (χ2v) is 13.1. The number of carbonyl (C=O) groups is 2. The van der Waals surface area contributed by atoms with Gasteiger partial charge < -0.3 is 14.2 Å². The molecule has 0 bridgehead atoms. The third kappa shape index (κ3) is 6.17. The number of hydrogen-bond donors (Lipinski definition) is 0. The summed E-state index contributed by atoms with van der Waals surface area (Å²) in [7, 11) is 1.44. The topological polar surface area (TPSA) is 65.1 Å². The molecule has 1 aliphatic heterocycles. The third-order valence-electron chi connectivity index (χ3n) is 8.76. The van der Waals surface area contributed by atoms with Crippen LogP contribution in [0.15, 0.2) is 84.9 Å². The van der Waals surface area contributed by atoms with Crippen LogP contribution in [0.1, 0.15) is 97.4 Å². The summed E-state index contributed by atoms with van der Waals surface area (Å²) in [6, 6.07) is 28.5. The predicted octanol–water partition coefficient (Wildman–Crippen LogP) is 8.79. The molecule has 44 heavy (non-hydrogen) atoms. The van der Waals surface area contributed by atoms with Crippen molar-refractivity contribution in [3.05, 3.63) is 113 Å². The monoisotopic (exact) mass is 591 g/mol. The Morgan fingerprint density at radius 2 is 1.66 bits per heavy atom. The molecule has 1 heterocycles. The minimum atomic E-state index is -0.649. The molecule has 0 aromatic heterocycles. The highest BCUT2D eigenvalue weighted by Crippen LogP contribution is 2.45. The van der Waals surface area contributed by atoms with Crippen molar-refractivity contribution in [3.8, 4) is 5.75 Å². The summed E-state index contributed by atoms with van der Waals surface area (Å²) in [6.07, 6.45) is 2.16. The Balaban J connectivity index is 1.36. The lowest BCUT2D eigenvalue weighted by Gasteiger charge is -2.38. The largest absolute Gasteiger partial charge is 0.488 e. The van der Waals surface area contributed by atoms with E-state index in [9.17, 15) is 9.59 Å². The lowest BCUT2D eigenvalue weighted by molar-refractivity contribution is 0.00569. The van der Waals surface area contributed by atoms with Crippen molar-refractivity contribution in [2.24, 2.45) is 0 Å². The normalized spacial score (nSPS) is 18.6. The first-order valence-corrected chi connectivity index (χ1v) is 15.6. The zero-order chi connectivity index (χ0) is 31.0. The Morgan fingerprint density at radius 3 is 2.41 bits per heavy atom. The number of nitrogens with zero attached hydrogens (tertiary/aromatic N) is 1. The van der Waals surface area contributed by atoms with Crippen LogP contribution in [-0.4, -0.2) is 42.3 Å². The Labute approximate surface area is 259 Å². The van der Waals surface area contributed by atoms with Crippen molar-refractivity contribution >= 4 is 22.8 Å². The maximum atomic E-state index is 13.8. The number of esters is 1. The quantitative estimate of drug-likeness (QED) is 0.201. The number of fused-ring (bicyclic) bond motifs is 2. The average molecular weight is 592 g/mol. The van der Waals surface area contributed by atoms with Crippen molar-refractivity contribution < 1.29 is 23.8 Å². The van der Waals surface area contributed by atoms with Gasteiger partial charge in [0.25, 0.3) is 0 Å². The molecular weight excluding hydrogens is 550 g/mol. The van der Waals surface area contributed by atoms with Gasteiger partial charge >= 0.3 is 12.1 Å². The summed E-state index contributed by atoms with van der Waals surface area (Å²) >= 11 is 0. The first kappa shape index (κ1) is 29.7.